The number of rotatable bonds is 14. The number of morpholine rings is 1. The fourth-order valence-electron chi connectivity index (χ4n) is 10.8. The summed E-state index contributed by atoms with van der Waals surface area (Å²) in [4.78, 5) is 104. The molecule has 3 N–H and O–H groups in total. The second-order valence-corrected chi connectivity index (χ2v) is 21.6. The molecule has 0 unspecified atom stereocenters. The number of carbonyl (C=O) groups is 7. The fourth-order valence-corrected chi connectivity index (χ4v) is 11.0. The van der Waals surface area contributed by atoms with Gasteiger partial charge in [0, 0.05) is 83.6 Å². The highest BCUT2D eigenvalue weighted by molar-refractivity contribution is 6.30. The van der Waals surface area contributed by atoms with Crippen molar-refractivity contribution in [1.29, 1.82) is 0 Å². The SMILES string of the molecule is CC(C)C[C@@H]1NC(=O)[C@@H](N(C)C(=O)[C@H](CCC(=O)O)NC(=O)[C@@H]2C[C@@H](F)CN2C(=O)C2(C(F)(F)F)CC(F)(F)C2)CCCCCCCN(C)C(=O)[C@H](Cc2cc(Cl)ccc2-c2ccc(N3CCOCC3)cc2)N(C)C1=O. The van der Waals surface area contributed by atoms with Gasteiger partial charge in [0.25, 0.3) is 5.92 Å². The number of halogens is 7. The number of likely N-dealkylation sites (tertiary alicyclic amines) is 1. The van der Waals surface area contributed by atoms with Crippen LogP contribution in [0.4, 0.5) is 32.0 Å². The smallest absolute Gasteiger partial charge is 0.403 e. The van der Waals surface area contributed by atoms with E-state index in [1.807, 2.05) is 44.2 Å². The minimum Gasteiger partial charge on any atom is -0.481 e. The number of aliphatic carboxylic acids is 1. The summed E-state index contributed by atoms with van der Waals surface area (Å²) < 4.78 is 91.2. The first-order valence-corrected chi connectivity index (χ1v) is 26.3. The molecule has 1 aliphatic carbocycles. The molecule has 1 saturated carbocycles. The number of carboxylic acids is 1. The third-order valence-corrected chi connectivity index (χ3v) is 15.3. The van der Waals surface area contributed by atoms with Gasteiger partial charge in [-0.3, -0.25) is 33.6 Å². The summed E-state index contributed by atoms with van der Waals surface area (Å²) in [5, 5.41) is 15.2. The van der Waals surface area contributed by atoms with E-state index in [1.54, 1.807) is 24.1 Å². The highest BCUT2D eigenvalue weighted by Gasteiger charge is 2.75. The highest BCUT2D eigenvalue weighted by Crippen LogP contribution is 2.61. The zero-order valence-corrected chi connectivity index (χ0v) is 44.4. The lowest BCUT2D eigenvalue weighted by molar-refractivity contribution is -0.299. The monoisotopic (exact) mass is 1100 g/mol. The molecule has 0 radical (unpaired) electrons. The maximum absolute atomic E-state index is 15.0. The van der Waals surface area contributed by atoms with E-state index in [0.717, 1.165) is 34.8 Å². The Morgan fingerprint density at radius 3 is 2.20 bits per heavy atom. The molecule has 6 atom stereocenters. The van der Waals surface area contributed by atoms with Crippen molar-refractivity contribution in [2.45, 2.75) is 146 Å². The third kappa shape index (κ3) is 14.3. The molecule has 0 bridgehead atoms. The molecule has 23 heteroatoms. The summed E-state index contributed by atoms with van der Waals surface area (Å²) in [5.74, 6) is -11.5. The average molecular weight is 1100 g/mol. The minimum atomic E-state index is -5.47. The van der Waals surface area contributed by atoms with Gasteiger partial charge in [-0.2, -0.15) is 13.2 Å². The molecule has 6 rings (SSSR count). The Bertz CT molecular complexity index is 2420. The van der Waals surface area contributed by atoms with Crippen molar-refractivity contribution in [3.8, 4) is 11.1 Å². The van der Waals surface area contributed by atoms with Gasteiger partial charge < -0.3 is 45.0 Å². The molecule has 76 heavy (non-hydrogen) atoms. The van der Waals surface area contributed by atoms with E-state index in [2.05, 4.69) is 15.5 Å². The number of anilines is 1. The molecule has 0 aromatic heterocycles. The van der Waals surface area contributed by atoms with E-state index in [-0.39, 0.29) is 36.0 Å². The largest absolute Gasteiger partial charge is 0.481 e. The van der Waals surface area contributed by atoms with E-state index < -0.39 is 128 Å². The Morgan fingerprint density at radius 2 is 1.58 bits per heavy atom. The van der Waals surface area contributed by atoms with Gasteiger partial charge >= 0.3 is 12.1 Å². The summed E-state index contributed by atoms with van der Waals surface area (Å²) in [7, 11) is 4.40. The number of likely N-dealkylation sites (N-methyl/N-ethyl adjacent to an activating group) is 3. The van der Waals surface area contributed by atoms with Crippen LogP contribution in [-0.4, -0.2) is 175 Å². The van der Waals surface area contributed by atoms with Crippen LogP contribution in [0.1, 0.15) is 96.5 Å². The zero-order chi connectivity index (χ0) is 55.9. The van der Waals surface area contributed by atoms with E-state index in [4.69, 9.17) is 16.3 Å². The van der Waals surface area contributed by atoms with Crippen LogP contribution in [0.25, 0.3) is 11.1 Å². The van der Waals surface area contributed by atoms with Crippen LogP contribution in [0.3, 0.4) is 0 Å². The van der Waals surface area contributed by atoms with Crippen molar-refractivity contribution in [1.82, 2.24) is 30.2 Å². The molecule has 3 saturated heterocycles. The van der Waals surface area contributed by atoms with Crippen LogP contribution in [-0.2, 0) is 44.7 Å². The topological polar surface area (TPSA) is 189 Å². The van der Waals surface area contributed by atoms with Crippen LogP contribution in [0.5, 0.6) is 0 Å². The normalized spacial score (nSPS) is 24.4. The van der Waals surface area contributed by atoms with Gasteiger partial charge in [0.15, 0.2) is 5.41 Å². The highest BCUT2D eigenvalue weighted by atomic mass is 35.5. The van der Waals surface area contributed by atoms with E-state index >= 15 is 0 Å². The lowest BCUT2D eigenvalue weighted by Crippen LogP contribution is -2.65. The van der Waals surface area contributed by atoms with Gasteiger partial charge in [0.2, 0.25) is 35.4 Å². The Kier molecular flexibility index (Phi) is 19.8. The maximum Gasteiger partial charge on any atom is 0.403 e. The standard InChI is InChI=1S/C53H70ClF6N7O9/c1-32(2)25-40-48(73)65(5)43(27-34-26-35(54)14-17-38(34)33-12-15-37(16-13-33)66-21-23-76-24-22-66)49(74)63(3)20-10-8-6-7-9-11-41(45(70)62-40)64(4)47(72)39(18-19-44(68)69)61-46(71)42-28-36(55)29-67(42)50(75)51(53(58,59)60)30-52(56,57)31-51/h12-17,26,32,36,39-43H,6-11,18-25,27-31H2,1-5H3,(H,61,71)(H,62,70)(H,68,69)/t36-,39+,40+,41+,42+,43+/m1/s1. The van der Waals surface area contributed by atoms with Crippen LogP contribution < -0.4 is 15.5 Å². The molecule has 16 nitrogen and oxygen atoms in total. The van der Waals surface area contributed by atoms with Crippen molar-refractivity contribution >= 4 is 58.7 Å². The number of alkyl halides is 6. The molecule has 3 aliphatic heterocycles. The number of amides is 6. The number of carboxylic acid groups (broad SMARTS) is 1. The molecule has 0 spiro atoms. The molecule has 4 aliphatic rings. The lowest BCUT2D eigenvalue weighted by atomic mass is 9.64. The second-order valence-electron chi connectivity index (χ2n) is 21.2. The van der Waals surface area contributed by atoms with Gasteiger partial charge in [-0.15, -0.1) is 0 Å². The summed E-state index contributed by atoms with van der Waals surface area (Å²) in [5.41, 5.74) is -0.224. The van der Waals surface area contributed by atoms with Crippen molar-refractivity contribution < 1.29 is 69.7 Å². The third-order valence-electron chi connectivity index (χ3n) is 15.1. The number of benzene rings is 2. The number of ether oxygens (including phenoxy) is 1. The van der Waals surface area contributed by atoms with Crippen molar-refractivity contribution in [2.24, 2.45) is 11.3 Å². The van der Waals surface area contributed by atoms with Gasteiger partial charge in [0.1, 0.15) is 36.4 Å². The van der Waals surface area contributed by atoms with Crippen molar-refractivity contribution in [3.05, 3.63) is 53.1 Å². The summed E-state index contributed by atoms with van der Waals surface area (Å²) in [6, 6.07) is 5.91. The first-order chi connectivity index (χ1) is 35.7. The Hall–Kier alpha value is -5.64. The van der Waals surface area contributed by atoms with Gasteiger partial charge in [-0.25, -0.2) is 13.2 Å². The summed E-state index contributed by atoms with van der Waals surface area (Å²) in [6.07, 6.45) is -10.5. The second kappa shape index (κ2) is 25.2. The molecule has 2 aromatic carbocycles. The van der Waals surface area contributed by atoms with Crippen LogP contribution in [0, 0.1) is 11.3 Å². The van der Waals surface area contributed by atoms with Gasteiger partial charge in [-0.1, -0.05) is 69.3 Å². The minimum absolute atomic E-state index is 0.0245. The van der Waals surface area contributed by atoms with E-state index in [9.17, 15) is 65.0 Å². The fraction of sp³-hybridized carbons (Fsp3) is 0.642. The van der Waals surface area contributed by atoms with Gasteiger partial charge in [-0.05, 0) is 72.6 Å². The molecule has 2 aromatic rings. The number of nitrogens with one attached hydrogen (secondary N) is 2. The maximum atomic E-state index is 15.0. The number of hydrogen-bond donors (Lipinski definition) is 3. The number of carbonyl (C=O) groups excluding carboxylic acids is 6. The average Bonchev–Trinajstić information content (AvgIpc) is 3.76. The molecule has 6 amide bonds. The molecule has 3 heterocycles. The van der Waals surface area contributed by atoms with Crippen LogP contribution in [0.2, 0.25) is 5.02 Å². The molecular weight excluding hydrogens is 1030 g/mol. The number of hydrogen-bond acceptors (Lipinski definition) is 9. The van der Waals surface area contributed by atoms with Crippen LogP contribution >= 0.6 is 11.6 Å². The predicted molar refractivity (Wildman–Crippen MR) is 270 cm³/mol. The summed E-state index contributed by atoms with van der Waals surface area (Å²) >= 11 is 6.62. The molecular formula is C53H70ClF6N7O9. The Balaban J connectivity index is 1.27. The first kappa shape index (κ1) is 59.6. The lowest BCUT2D eigenvalue weighted by Gasteiger charge is -2.48. The Labute approximate surface area is 444 Å². The van der Waals surface area contributed by atoms with Crippen LogP contribution in [0.15, 0.2) is 42.5 Å². The quantitative estimate of drug-likeness (QED) is 0.173. The van der Waals surface area contributed by atoms with Crippen molar-refractivity contribution in [2.75, 3.05) is 65.4 Å². The predicted octanol–water partition coefficient (Wildman–Crippen LogP) is 6.65. The zero-order valence-electron chi connectivity index (χ0n) is 43.6. The van der Waals surface area contributed by atoms with E-state index in [1.165, 1.54) is 19.0 Å². The van der Waals surface area contributed by atoms with Crippen molar-refractivity contribution in [3.63, 3.8) is 0 Å². The molecule has 420 valence electrons. The molecule has 4 fully saturated rings. The van der Waals surface area contributed by atoms with E-state index in [0.29, 0.717) is 62.4 Å². The first-order valence-electron chi connectivity index (χ1n) is 26.0. The van der Waals surface area contributed by atoms with Gasteiger partial charge in [0.05, 0.1) is 19.8 Å². The Morgan fingerprint density at radius 1 is 0.934 bits per heavy atom. The summed E-state index contributed by atoms with van der Waals surface area (Å²) in [6.45, 7) is 5.73. The number of nitrogens with zero attached hydrogens (tertiary/aromatic N) is 5.